The monoisotopic (exact) mass is 201 g/mol. The molecule has 0 bridgehead atoms. The average Bonchev–Trinajstić information content (AvgIpc) is 2.32. The van der Waals surface area contributed by atoms with Crippen molar-refractivity contribution in [2.24, 2.45) is 0 Å². The Kier molecular flexibility index (Phi) is 2.91. The third-order valence-corrected chi connectivity index (χ3v) is 2.89. The number of hydrogen-bond acceptors (Lipinski definition) is 1. The van der Waals surface area contributed by atoms with E-state index in [9.17, 15) is 0 Å². The third kappa shape index (κ3) is 2.30. The van der Waals surface area contributed by atoms with Gasteiger partial charge in [0.15, 0.2) is 0 Å². The van der Waals surface area contributed by atoms with Crippen LogP contribution in [0, 0.1) is 6.57 Å². The van der Waals surface area contributed by atoms with Gasteiger partial charge in [-0.25, -0.2) is 6.57 Å². The second kappa shape index (κ2) is 4.35. The fraction of sp³-hybridized carbons (Fsp3) is 0.462. The summed E-state index contributed by atoms with van der Waals surface area (Å²) in [6.07, 6.45) is 5.18. The first-order chi connectivity index (χ1) is 7.35. The number of nitrogens with zero attached hydrogens (tertiary/aromatic N) is 1. The van der Waals surface area contributed by atoms with E-state index in [4.69, 9.17) is 11.3 Å². The molecule has 15 heavy (non-hydrogen) atoms. The molecule has 0 heterocycles. The standard InChI is InChI=1S/C13H15NO/c1-14-13(10-6-3-7-11-13)15-12-8-4-2-5-9-12/h2,4-5,8-9H,3,6-7,10-11H2. The smallest absolute Gasteiger partial charge is 0.375 e. The van der Waals surface area contributed by atoms with Gasteiger partial charge in [0.25, 0.3) is 0 Å². The third-order valence-electron chi connectivity index (χ3n) is 2.89. The summed E-state index contributed by atoms with van der Waals surface area (Å²) < 4.78 is 5.84. The molecule has 2 heteroatoms. The van der Waals surface area contributed by atoms with Gasteiger partial charge in [-0.15, -0.1) is 0 Å². The largest absolute Gasteiger partial charge is 0.422 e. The lowest BCUT2D eigenvalue weighted by Crippen LogP contribution is -2.34. The van der Waals surface area contributed by atoms with Crippen molar-refractivity contribution in [2.45, 2.75) is 37.8 Å². The maximum Gasteiger partial charge on any atom is 0.375 e. The molecule has 0 aliphatic heterocycles. The second-order valence-corrected chi connectivity index (χ2v) is 4.03. The van der Waals surface area contributed by atoms with Crippen molar-refractivity contribution < 1.29 is 4.74 Å². The van der Waals surface area contributed by atoms with Crippen molar-refractivity contribution in [1.82, 2.24) is 0 Å². The molecule has 1 aromatic carbocycles. The van der Waals surface area contributed by atoms with E-state index in [0.29, 0.717) is 0 Å². The Labute approximate surface area is 90.7 Å². The first-order valence-electron chi connectivity index (χ1n) is 5.47. The Hall–Kier alpha value is -1.49. The lowest BCUT2D eigenvalue weighted by molar-refractivity contribution is 0.0749. The van der Waals surface area contributed by atoms with Crippen LogP contribution in [0.5, 0.6) is 5.75 Å². The molecule has 78 valence electrons. The molecule has 0 saturated heterocycles. The van der Waals surface area contributed by atoms with Crippen LogP contribution in [0.4, 0.5) is 0 Å². The Morgan fingerprint density at radius 3 is 2.33 bits per heavy atom. The Bertz CT molecular complexity index is 347. The highest BCUT2D eigenvalue weighted by atomic mass is 16.5. The summed E-state index contributed by atoms with van der Waals surface area (Å²) in [6, 6.07) is 9.67. The molecule has 1 aliphatic carbocycles. The normalized spacial score (nSPS) is 19.1. The SMILES string of the molecule is [C-]#[N+]C1(Oc2ccccc2)CCCCC1. The molecule has 1 fully saturated rings. The van der Waals surface area contributed by atoms with Gasteiger partial charge in [-0.2, -0.15) is 0 Å². The second-order valence-electron chi connectivity index (χ2n) is 4.03. The van der Waals surface area contributed by atoms with Crippen LogP contribution in [-0.4, -0.2) is 5.72 Å². The van der Waals surface area contributed by atoms with Crippen molar-refractivity contribution >= 4 is 0 Å². The molecule has 0 amide bonds. The Morgan fingerprint density at radius 2 is 1.73 bits per heavy atom. The molecule has 1 saturated carbocycles. The van der Waals surface area contributed by atoms with Crippen LogP contribution in [0.3, 0.4) is 0 Å². The summed E-state index contributed by atoms with van der Waals surface area (Å²) in [7, 11) is 0. The number of ether oxygens (including phenoxy) is 1. The van der Waals surface area contributed by atoms with Gasteiger partial charge < -0.3 is 4.74 Å². The summed E-state index contributed by atoms with van der Waals surface area (Å²) in [4.78, 5) is 3.70. The zero-order valence-corrected chi connectivity index (χ0v) is 8.78. The maximum absolute atomic E-state index is 7.29. The number of para-hydroxylation sites is 1. The molecular weight excluding hydrogens is 186 g/mol. The van der Waals surface area contributed by atoms with Gasteiger partial charge in [-0.3, -0.25) is 4.85 Å². The maximum atomic E-state index is 7.29. The summed E-state index contributed by atoms with van der Waals surface area (Å²) in [6.45, 7) is 7.29. The molecular formula is C13H15NO. The van der Waals surface area contributed by atoms with Crippen LogP contribution in [-0.2, 0) is 0 Å². The molecule has 0 spiro atoms. The first-order valence-corrected chi connectivity index (χ1v) is 5.47. The molecule has 0 radical (unpaired) electrons. The Balaban J connectivity index is 2.12. The summed E-state index contributed by atoms with van der Waals surface area (Å²) in [5.41, 5.74) is -0.584. The van der Waals surface area contributed by atoms with E-state index in [1.54, 1.807) is 0 Å². The molecule has 0 unspecified atom stereocenters. The van der Waals surface area contributed by atoms with Crippen molar-refractivity contribution in [1.29, 1.82) is 0 Å². The summed E-state index contributed by atoms with van der Waals surface area (Å²) in [5.74, 6) is 0.815. The first kappa shape index (κ1) is 10.0. The molecule has 0 atom stereocenters. The van der Waals surface area contributed by atoms with E-state index in [2.05, 4.69) is 4.85 Å². The van der Waals surface area contributed by atoms with Crippen molar-refractivity contribution in [2.75, 3.05) is 0 Å². The lowest BCUT2D eigenvalue weighted by atomic mass is 9.92. The van der Waals surface area contributed by atoms with Crippen molar-refractivity contribution in [3.05, 3.63) is 41.7 Å². The van der Waals surface area contributed by atoms with Gasteiger partial charge in [-0.05, 0) is 25.0 Å². The van der Waals surface area contributed by atoms with Gasteiger partial charge in [0.1, 0.15) is 5.75 Å². The summed E-state index contributed by atoms with van der Waals surface area (Å²) in [5, 5.41) is 0. The lowest BCUT2D eigenvalue weighted by Gasteiger charge is -2.26. The average molecular weight is 201 g/mol. The van der Waals surface area contributed by atoms with Gasteiger partial charge in [0, 0.05) is 0 Å². The van der Waals surface area contributed by atoms with Crippen LogP contribution in [0.2, 0.25) is 0 Å². The van der Waals surface area contributed by atoms with Crippen LogP contribution >= 0.6 is 0 Å². The molecule has 1 aliphatic rings. The number of hydrogen-bond donors (Lipinski definition) is 0. The van der Waals surface area contributed by atoms with E-state index in [1.165, 1.54) is 6.42 Å². The van der Waals surface area contributed by atoms with Crippen molar-refractivity contribution in [3.8, 4) is 5.75 Å². The van der Waals surface area contributed by atoms with Crippen LogP contribution < -0.4 is 4.74 Å². The summed E-state index contributed by atoms with van der Waals surface area (Å²) >= 11 is 0. The number of benzene rings is 1. The zero-order valence-electron chi connectivity index (χ0n) is 8.78. The van der Waals surface area contributed by atoms with E-state index in [1.807, 2.05) is 30.3 Å². The highest BCUT2D eigenvalue weighted by Gasteiger charge is 2.40. The van der Waals surface area contributed by atoms with E-state index in [-0.39, 0.29) is 0 Å². The zero-order chi connectivity index (χ0) is 10.6. The number of rotatable bonds is 2. The Morgan fingerprint density at radius 1 is 1.07 bits per heavy atom. The van der Waals surface area contributed by atoms with Gasteiger partial charge >= 0.3 is 5.72 Å². The highest BCUT2D eigenvalue weighted by molar-refractivity contribution is 5.22. The van der Waals surface area contributed by atoms with Crippen LogP contribution in [0.15, 0.2) is 30.3 Å². The topological polar surface area (TPSA) is 13.6 Å². The van der Waals surface area contributed by atoms with Crippen LogP contribution in [0.1, 0.15) is 32.1 Å². The van der Waals surface area contributed by atoms with Gasteiger partial charge in [0.05, 0.1) is 12.8 Å². The predicted molar refractivity (Wildman–Crippen MR) is 59.5 cm³/mol. The van der Waals surface area contributed by atoms with Crippen LogP contribution in [0.25, 0.3) is 4.85 Å². The predicted octanol–water partition coefficient (Wildman–Crippen LogP) is 3.65. The van der Waals surface area contributed by atoms with Crippen molar-refractivity contribution in [3.63, 3.8) is 0 Å². The molecule has 2 rings (SSSR count). The highest BCUT2D eigenvalue weighted by Crippen LogP contribution is 2.33. The van der Waals surface area contributed by atoms with Gasteiger partial charge in [0.2, 0.25) is 0 Å². The van der Waals surface area contributed by atoms with E-state index >= 15 is 0 Å². The fourth-order valence-electron chi connectivity index (χ4n) is 2.05. The minimum Gasteiger partial charge on any atom is -0.422 e. The minimum absolute atomic E-state index is 0.584. The molecule has 0 N–H and O–H groups in total. The fourth-order valence-corrected chi connectivity index (χ4v) is 2.05. The molecule has 0 aromatic heterocycles. The van der Waals surface area contributed by atoms with Gasteiger partial charge in [-0.1, -0.05) is 24.6 Å². The van der Waals surface area contributed by atoms with E-state index in [0.717, 1.165) is 31.4 Å². The quantitative estimate of drug-likeness (QED) is 0.666. The van der Waals surface area contributed by atoms with E-state index < -0.39 is 5.72 Å². The molecule has 2 nitrogen and oxygen atoms in total. The molecule has 1 aromatic rings. The minimum atomic E-state index is -0.584.